The van der Waals surface area contributed by atoms with E-state index in [0.29, 0.717) is 0 Å². The summed E-state index contributed by atoms with van der Waals surface area (Å²) in [6.45, 7) is -0.140. The lowest BCUT2D eigenvalue weighted by atomic mass is 10.1. The highest BCUT2D eigenvalue weighted by molar-refractivity contribution is 7.89. The fourth-order valence-corrected chi connectivity index (χ4v) is 3.88. The van der Waals surface area contributed by atoms with Crippen molar-refractivity contribution in [2.75, 3.05) is 27.3 Å². The van der Waals surface area contributed by atoms with Gasteiger partial charge in [-0.2, -0.15) is 4.31 Å². The largest absolute Gasteiger partial charge is 0.493 e. The minimum absolute atomic E-state index is 0.0348. The molecule has 1 fully saturated rings. The molecular weight excluding hydrogens is 317 g/mol. The first-order valence-corrected chi connectivity index (χ1v) is 7.89. The number of ether oxygens (including phenoxy) is 2. The molecule has 0 radical (unpaired) electrons. The second-order valence-corrected chi connectivity index (χ2v) is 6.73. The zero-order chi connectivity index (χ0) is 16.5. The number of hydrogen-bond donors (Lipinski definition) is 1. The van der Waals surface area contributed by atoms with Crippen molar-refractivity contribution in [2.24, 2.45) is 5.92 Å². The summed E-state index contributed by atoms with van der Waals surface area (Å²) >= 11 is 0. The fourth-order valence-electron chi connectivity index (χ4n) is 2.32. The molecule has 1 aliphatic rings. The summed E-state index contributed by atoms with van der Waals surface area (Å²) in [7, 11) is -1.52. The van der Waals surface area contributed by atoms with Crippen molar-refractivity contribution in [1.82, 2.24) is 4.31 Å². The summed E-state index contributed by atoms with van der Waals surface area (Å²) < 4.78 is 49.9. The van der Waals surface area contributed by atoms with Gasteiger partial charge in [-0.15, -0.1) is 0 Å². The molecule has 2 rings (SSSR count). The average molecular weight is 333 g/mol. The van der Waals surface area contributed by atoms with Crippen LogP contribution in [-0.2, 0) is 14.8 Å². The van der Waals surface area contributed by atoms with E-state index in [0.717, 1.165) is 16.4 Å². The average Bonchev–Trinajstić information content (AvgIpc) is 2.97. The highest BCUT2D eigenvalue weighted by Gasteiger charge is 2.37. The van der Waals surface area contributed by atoms with Crippen LogP contribution in [0, 0.1) is 11.7 Å². The quantitative estimate of drug-likeness (QED) is 0.862. The Morgan fingerprint density at radius 3 is 2.41 bits per heavy atom. The lowest BCUT2D eigenvalue weighted by molar-refractivity contribution is -0.141. The summed E-state index contributed by atoms with van der Waals surface area (Å²) in [5, 5.41) is 8.94. The number of aliphatic carboxylic acids is 1. The Labute approximate surface area is 127 Å². The topological polar surface area (TPSA) is 93.1 Å². The van der Waals surface area contributed by atoms with Gasteiger partial charge in [0, 0.05) is 25.2 Å². The smallest absolute Gasteiger partial charge is 0.307 e. The summed E-state index contributed by atoms with van der Waals surface area (Å²) in [6.07, 6.45) is 0.198. The molecule has 0 bridgehead atoms. The number of sulfonamides is 1. The first-order chi connectivity index (χ1) is 10.3. The van der Waals surface area contributed by atoms with Crippen LogP contribution in [0.5, 0.6) is 11.5 Å². The Morgan fingerprint density at radius 2 is 1.91 bits per heavy atom. The molecule has 1 atom stereocenters. The maximum atomic E-state index is 14.1. The van der Waals surface area contributed by atoms with Crippen molar-refractivity contribution in [3.05, 3.63) is 17.9 Å². The summed E-state index contributed by atoms with van der Waals surface area (Å²) in [6, 6.07) is 1.97. The van der Waals surface area contributed by atoms with E-state index in [2.05, 4.69) is 0 Å². The highest BCUT2D eigenvalue weighted by atomic mass is 32.2. The molecule has 1 unspecified atom stereocenters. The minimum atomic E-state index is -4.13. The number of halogens is 1. The van der Waals surface area contributed by atoms with Crippen LogP contribution >= 0.6 is 0 Å². The van der Waals surface area contributed by atoms with Gasteiger partial charge in [-0.25, -0.2) is 12.8 Å². The second kappa shape index (κ2) is 6.09. The van der Waals surface area contributed by atoms with Gasteiger partial charge < -0.3 is 14.6 Å². The van der Waals surface area contributed by atoms with Crippen LogP contribution in [0.4, 0.5) is 4.39 Å². The van der Waals surface area contributed by atoms with Crippen LogP contribution in [0.15, 0.2) is 17.0 Å². The lowest BCUT2D eigenvalue weighted by Crippen LogP contribution is -2.30. The molecule has 0 amide bonds. The SMILES string of the molecule is COc1cc(F)c(S(=O)(=O)N2CCC(C(=O)O)C2)cc1OC. The molecule has 9 heteroatoms. The van der Waals surface area contributed by atoms with Crippen molar-refractivity contribution < 1.29 is 32.2 Å². The molecule has 1 aromatic rings. The number of rotatable bonds is 5. The predicted molar refractivity (Wildman–Crippen MR) is 74.0 cm³/mol. The second-order valence-electron chi connectivity index (χ2n) is 4.82. The zero-order valence-electron chi connectivity index (χ0n) is 12.1. The van der Waals surface area contributed by atoms with Crippen molar-refractivity contribution in [3.8, 4) is 11.5 Å². The van der Waals surface area contributed by atoms with E-state index in [1.54, 1.807) is 0 Å². The Balaban J connectivity index is 2.40. The molecule has 1 N–H and O–H groups in total. The monoisotopic (exact) mass is 333 g/mol. The van der Waals surface area contributed by atoms with Crippen molar-refractivity contribution in [2.45, 2.75) is 11.3 Å². The molecule has 0 aliphatic carbocycles. The zero-order valence-corrected chi connectivity index (χ0v) is 12.9. The van der Waals surface area contributed by atoms with Gasteiger partial charge in [0.25, 0.3) is 0 Å². The van der Waals surface area contributed by atoms with Crippen LogP contribution < -0.4 is 9.47 Å². The van der Waals surface area contributed by atoms with E-state index in [-0.39, 0.29) is 31.0 Å². The molecular formula is C13H16FNO6S. The Kier molecular flexibility index (Phi) is 4.57. The van der Waals surface area contributed by atoms with Crippen molar-refractivity contribution in [3.63, 3.8) is 0 Å². The molecule has 7 nitrogen and oxygen atoms in total. The molecule has 1 saturated heterocycles. The van der Waals surface area contributed by atoms with E-state index < -0.39 is 32.6 Å². The van der Waals surface area contributed by atoms with Crippen molar-refractivity contribution >= 4 is 16.0 Å². The third kappa shape index (κ3) is 2.86. The van der Waals surface area contributed by atoms with Crippen LogP contribution in [0.3, 0.4) is 0 Å². The number of methoxy groups -OCH3 is 2. The molecule has 0 saturated carbocycles. The van der Waals surface area contributed by atoms with Gasteiger partial charge in [-0.1, -0.05) is 0 Å². The number of carboxylic acid groups (broad SMARTS) is 1. The van der Waals surface area contributed by atoms with Crippen LogP contribution in [0.25, 0.3) is 0 Å². The van der Waals surface area contributed by atoms with Gasteiger partial charge in [0.2, 0.25) is 10.0 Å². The van der Waals surface area contributed by atoms with Crippen LogP contribution in [0.2, 0.25) is 0 Å². The number of carbonyl (C=O) groups is 1. The lowest BCUT2D eigenvalue weighted by Gasteiger charge is -2.18. The fraction of sp³-hybridized carbons (Fsp3) is 0.462. The molecule has 0 aromatic heterocycles. The van der Waals surface area contributed by atoms with Gasteiger partial charge in [0.05, 0.1) is 20.1 Å². The van der Waals surface area contributed by atoms with Crippen LogP contribution in [0.1, 0.15) is 6.42 Å². The standard InChI is InChI=1S/C13H16FNO6S/c1-20-10-5-9(14)12(6-11(10)21-2)22(18,19)15-4-3-8(7-15)13(16)17/h5-6,8H,3-4,7H2,1-2H3,(H,16,17). The number of nitrogens with zero attached hydrogens (tertiary/aromatic N) is 1. The van der Waals surface area contributed by atoms with E-state index >= 15 is 0 Å². The van der Waals surface area contributed by atoms with E-state index in [1.165, 1.54) is 14.2 Å². The third-order valence-electron chi connectivity index (χ3n) is 3.56. The normalized spacial score (nSPS) is 19.1. The third-order valence-corrected chi connectivity index (χ3v) is 5.44. The maximum absolute atomic E-state index is 14.1. The maximum Gasteiger partial charge on any atom is 0.307 e. The molecule has 22 heavy (non-hydrogen) atoms. The summed E-state index contributed by atoms with van der Waals surface area (Å²) in [4.78, 5) is 10.4. The van der Waals surface area contributed by atoms with E-state index in [4.69, 9.17) is 14.6 Å². The van der Waals surface area contributed by atoms with E-state index in [9.17, 15) is 17.6 Å². The molecule has 1 aliphatic heterocycles. The summed E-state index contributed by atoms with van der Waals surface area (Å²) in [5.41, 5.74) is 0. The predicted octanol–water partition coefficient (Wildman–Crippen LogP) is 0.938. The molecule has 1 heterocycles. The van der Waals surface area contributed by atoms with Gasteiger partial charge >= 0.3 is 5.97 Å². The van der Waals surface area contributed by atoms with E-state index in [1.807, 2.05) is 0 Å². The van der Waals surface area contributed by atoms with Gasteiger partial charge in [-0.3, -0.25) is 4.79 Å². The molecule has 1 aromatic carbocycles. The molecule has 122 valence electrons. The van der Waals surface area contributed by atoms with Gasteiger partial charge in [0.15, 0.2) is 11.5 Å². The Morgan fingerprint density at radius 1 is 1.32 bits per heavy atom. The van der Waals surface area contributed by atoms with Crippen molar-refractivity contribution in [1.29, 1.82) is 0 Å². The number of hydrogen-bond acceptors (Lipinski definition) is 5. The number of carboxylic acids is 1. The van der Waals surface area contributed by atoms with Crippen LogP contribution in [-0.4, -0.2) is 51.1 Å². The molecule has 0 spiro atoms. The Hall–Kier alpha value is -1.87. The van der Waals surface area contributed by atoms with Gasteiger partial charge in [0.1, 0.15) is 10.7 Å². The number of benzene rings is 1. The highest BCUT2D eigenvalue weighted by Crippen LogP contribution is 2.34. The minimum Gasteiger partial charge on any atom is -0.493 e. The van der Waals surface area contributed by atoms with Gasteiger partial charge in [-0.05, 0) is 6.42 Å². The Bertz CT molecular complexity index is 690. The summed E-state index contributed by atoms with van der Waals surface area (Å²) in [5.74, 6) is -2.67. The first-order valence-electron chi connectivity index (χ1n) is 6.45. The first kappa shape index (κ1) is 16.5.